The highest BCUT2D eigenvalue weighted by molar-refractivity contribution is 6.25. The van der Waals surface area contributed by atoms with Gasteiger partial charge >= 0.3 is 0 Å². The molecule has 0 aromatic carbocycles. The average Bonchev–Trinajstić information content (AvgIpc) is 2.05. The van der Waals surface area contributed by atoms with E-state index in [1.165, 1.54) is 12.0 Å². The number of hydrogen-bond donors (Lipinski definition) is 1. The van der Waals surface area contributed by atoms with Crippen LogP contribution in [0.25, 0.3) is 0 Å². The van der Waals surface area contributed by atoms with Crippen molar-refractivity contribution in [2.75, 3.05) is 33.7 Å². The Labute approximate surface area is 80.6 Å². The van der Waals surface area contributed by atoms with Gasteiger partial charge < -0.3 is 10.2 Å². The monoisotopic (exact) mass is 190 g/mol. The molecule has 3 heteroatoms. The normalized spacial score (nSPS) is 12.6. The lowest BCUT2D eigenvalue weighted by atomic mass is 10.3. The second-order valence-electron chi connectivity index (χ2n) is 3.15. The smallest absolute Gasteiger partial charge is 0.0198 e. The Morgan fingerprint density at radius 2 is 2.25 bits per heavy atom. The number of nitrogens with zero attached hydrogens (tertiary/aromatic N) is 1. The molecule has 0 atom stereocenters. The van der Waals surface area contributed by atoms with Crippen LogP contribution in [0.15, 0.2) is 11.1 Å². The molecule has 12 heavy (non-hydrogen) atoms. The van der Waals surface area contributed by atoms with Crippen molar-refractivity contribution in [3.05, 3.63) is 11.1 Å². The first-order valence-electron chi connectivity index (χ1n) is 4.29. The summed E-state index contributed by atoms with van der Waals surface area (Å²) in [5.41, 5.74) is 2.86. The second-order valence-corrected chi connectivity index (χ2v) is 3.37. The van der Waals surface area contributed by atoms with E-state index in [4.69, 9.17) is 11.6 Å². The van der Waals surface area contributed by atoms with Gasteiger partial charge in [-0.25, -0.2) is 0 Å². The minimum Gasteiger partial charge on any atom is -0.320 e. The van der Waals surface area contributed by atoms with Crippen LogP contribution in [-0.2, 0) is 0 Å². The lowest BCUT2D eigenvalue weighted by molar-refractivity contribution is 0.355. The van der Waals surface area contributed by atoms with Crippen molar-refractivity contribution in [1.82, 2.24) is 10.2 Å². The van der Waals surface area contributed by atoms with Crippen LogP contribution in [0.3, 0.4) is 0 Å². The molecule has 0 spiro atoms. The summed E-state index contributed by atoms with van der Waals surface area (Å²) in [4.78, 5) is 2.27. The van der Waals surface area contributed by atoms with E-state index in [-0.39, 0.29) is 0 Å². The summed E-state index contributed by atoms with van der Waals surface area (Å²) in [6.07, 6.45) is 1.18. The zero-order valence-electron chi connectivity index (χ0n) is 8.23. The first-order valence-corrected chi connectivity index (χ1v) is 4.73. The fraction of sp³-hybridized carbons (Fsp3) is 0.778. The third-order valence-electron chi connectivity index (χ3n) is 1.67. The van der Waals surface area contributed by atoms with E-state index in [9.17, 15) is 0 Å². The number of rotatable bonds is 6. The Hall–Kier alpha value is -0.0500. The van der Waals surface area contributed by atoms with E-state index >= 15 is 0 Å². The maximum Gasteiger partial charge on any atom is 0.0198 e. The first kappa shape index (κ1) is 11.9. The fourth-order valence-electron chi connectivity index (χ4n) is 1.07. The molecular formula is C9H19ClN2. The highest BCUT2D eigenvalue weighted by Crippen LogP contribution is 1.98. The molecule has 0 radical (unpaired) electrons. The largest absolute Gasteiger partial charge is 0.320 e. The van der Waals surface area contributed by atoms with Crippen molar-refractivity contribution in [1.29, 1.82) is 0 Å². The molecule has 2 nitrogen and oxygen atoms in total. The maximum absolute atomic E-state index is 5.56. The zero-order chi connectivity index (χ0) is 9.40. The van der Waals surface area contributed by atoms with Gasteiger partial charge in [0.05, 0.1) is 0 Å². The Morgan fingerprint density at radius 3 is 2.75 bits per heavy atom. The Bertz CT molecular complexity index is 134. The SMILES string of the molecule is CNCCCN(C)CC(C)=CCl. The topological polar surface area (TPSA) is 15.3 Å². The number of hydrogen-bond acceptors (Lipinski definition) is 2. The Kier molecular flexibility index (Phi) is 7.56. The van der Waals surface area contributed by atoms with Gasteiger partial charge in [-0.1, -0.05) is 11.6 Å². The van der Waals surface area contributed by atoms with E-state index in [0.29, 0.717) is 0 Å². The van der Waals surface area contributed by atoms with Gasteiger partial charge in [-0.15, -0.1) is 0 Å². The molecule has 0 aliphatic rings. The van der Waals surface area contributed by atoms with Gasteiger partial charge in [-0.05, 0) is 46.1 Å². The van der Waals surface area contributed by atoms with Crippen molar-refractivity contribution in [2.45, 2.75) is 13.3 Å². The van der Waals surface area contributed by atoms with Crippen molar-refractivity contribution in [2.24, 2.45) is 0 Å². The average molecular weight is 191 g/mol. The van der Waals surface area contributed by atoms with Gasteiger partial charge in [0.25, 0.3) is 0 Å². The Balaban J connectivity index is 3.39. The second kappa shape index (κ2) is 7.59. The molecule has 1 N–H and O–H groups in total. The summed E-state index contributed by atoms with van der Waals surface area (Å²) in [6, 6.07) is 0. The fourth-order valence-corrected chi connectivity index (χ4v) is 1.13. The van der Waals surface area contributed by atoms with Gasteiger partial charge in [0, 0.05) is 12.1 Å². The summed E-state index contributed by atoms with van der Waals surface area (Å²) < 4.78 is 0. The van der Waals surface area contributed by atoms with Gasteiger partial charge in [0.2, 0.25) is 0 Å². The quantitative estimate of drug-likeness (QED) is 0.642. The van der Waals surface area contributed by atoms with Crippen LogP contribution >= 0.6 is 11.6 Å². The van der Waals surface area contributed by atoms with Crippen molar-refractivity contribution in [3.8, 4) is 0 Å². The predicted octanol–water partition coefficient (Wildman–Crippen LogP) is 1.67. The molecule has 72 valence electrons. The van der Waals surface area contributed by atoms with Gasteiger partial charge in [-0.2, -0.15) is 0 Å². The van der Waals surface area contributed by atoms with Crippen molar-refractivity contribution < 1.29 is 0 Å². The van der Waals surface area contributed by atoms with Crippen molar-refractivity contribution >= 4 is 11.6 Å². The molecule has 0 heterocycles. The summed E-state index contributed by atoms with van der Waals surface area (Å²) in [7, 11) is 4.09. The molecule has 0 aromatic heterocycles. The number of nitrogens with one attached hydrogen (secondary N) is 1. The standard InChI is InChI=1S/C9H19ClN2/c1-9(7-10)8-12(3)6-4-5-11-2/h7,11H,4-6,8H2,1-3H3. The van der Waals surface area contributed by atoms with E-state index in [2.05, 4.69) is 17.3 Å². The first-order chi connectivity index (χ1) is 5.70. The molecule has 0 fully saturated rings. The minimum atomic E-state index is 0.965. The van der Waals surface area contributed by atoms with Crippen LogP contribution in [0.5, 0.6) is 0 Å². The number of likely N-dealkylation sites (N-methyl/N-ethyl adjacent to an activating group) is 1. The molecule has 0 aliphatic carbocycles. The zero-order valence-corrected chi connectivity index (χ0v) is 8.99. The highest BCUT2D eigenvalue weighted by atomic mass is 35.5. The minimum absolute atomic E-state index is 0.965. The van der Waals surface area contributed by atoms with E-state index in [1.54, 1.807) is 5.54 Å². The van der Waals surface area contributed by atoms with Crippen LogP contribution < -0.4 is 5.32 Å². The van der Waals surface area contributed by atoms with Gasteiger partial charge in [0.1, 0.15) is 0 Å². The predicted molar refractivity (Wildman–Crippen MR) is 55.7 cm³/mol. The van der Waals surface area contributed by atoms with Crippen molar-refractivity contribution in [3.63, 3.8) is 0 Å². The van der Waals surface area contributed by atoms with Gasteiger partial charge in [0.15, 0.2) is 0 Å². The molecule has 0 saturated heterocycles. The summed E-state index contributed by atoms with van der Waals surface area (Å²) in [6.45, 7) is 5.20. The Morgan fingerprint density at radius 1 is 1.58 bits per heavy atom. The summed E-state index contributed by atoms with van der Waals surface area (Å²) >= 11 is 5.56. The third kappa shape index (κ3) is 6.65. The van der Waals surface area contributed by atoms with E-state index in [1.807, 2.05) is 14.0 Å². The van der Waals surface area contributed by atoms with Crippen LogP contribution in [0, 0.1) is 0 Å². The van der Waals surface area contributed by atoms with E-state index in [0.717, 1.165) is 19.6 Å². The lowest BCUT2D eigenvalue weighted by Gasteiger charge is -2.16. The summed E-state index contributed by atoms with van der Waals surface area (Å²) in [5, 5.41) is 3.12. The van der Waals surface area contributed by atoms with Crippen LogP contribution in [0.2, 0.25) is 0 Å². The van der Waals surface area contributed by atoms with Crippen LogP contribution in [0.1, 0.15) is 13.3 Å². The highest BCUT2D eigenvalue weighted by Gasteiger charge is 1.97. The van der Waals surface area contributed by atoms with Crippen LogP contribution in [0.4, 0.5) is 0 Å². The molecule has 0 aromatic rings. The van der Waals surface area contributed by atoms with E-state index < -0.39 is 0 Å². The number of halogens is 1. The molecule has 0 unspecified atom stereocenters. The maximum atomic E-state index is 5.56. The third-order valence-corrected chi connectivity index (χ3v) is 2.04. The lowest BCUT2D eigenvalue weighted by Crippen LogP contribution is -2.24. The molecule has 0 saturated carbocycles. The molecule has 0 amide bonds. The molecule has 0 bridgehead atoms. The summed E-state index contributed by atoms with van der Waals surface area (Å²) in [5.74, 6) is 0. The molecule has 0 rings (SSSR count). The molecular weight excluding hydrogens is 172 g/mol. The van der Waals surface area contributed by atoms with Crippen LogP contribution in [-0.4, -0.2) is 38.6 Å². The van der Waals surface area contributed by atoms with Gasteiger partial charge in [-0.3, -0.25) is 0 Å². The molecule has 0 aliphatic heterocycles.